The zero-order valence-electron chi connectivity index (χ0n) is 20.4. The molecule has 1 fully saturated rings. The minimum absolute atomic E-state index is 0.0175. The van der Waals surface area contributed by atoms with E-state index in [-0.39, 0.29) is 29.7 Å². The van der Waals surface area contributed by atoms with E-state index < -0.39 is 39.6 Å². The summed E-state index contributed by atoms with van der Waals surface area (Å²) in [6, 6.07) is 4.92. The Balaban J connectivity index is 1.45. The number of amides is 1. The number of Topliss-reactive ketones (excluding diaryl/α,β-unsaturated/α-hetero) is 1. The lowest BCUT2D eigenvalue weighted by Gasteiger charge is -2.30. The third-order valence-electron chi connectivity index (χ3n) is 7.75. The molecule has 1 saturated heterocycles. The molecule has 2 aromatic carbocycles. The van der Waals surface area contributed by atoms with Crippen molar-refractivity contribution in [3.63, 3.8) is 0 Å². The summed E-state index contributed by atoms with van der Waals surface area (Å²) in [5, 5.41) is 2.72. The predicted octanol–water partition coefficient (Wildman–Crippen LogP) is 6.64. The number of carbonyl (C=O) groups is 2. The van der Waals surface area contributed by atoms with E-state index in [2.05, 4.69) is 5.16 Å². The number of carbonyl (C=O) groups excluding carboxylic acids is 2. The molecule has 2 aromatic rings. The monoisotopic (exact) mass is 570 g/mol. The number of rotatable bonds is 6. The summed E-state index contributed by atoms with van der Waals surface area (Å²) in [6.45, 7) is 3.14. The molecule has 0 aromatic heterocycles. The number of likely N-dealkylation sites (tertiary alicyclic amines) is 1. The Morgan fingerprint density at radius 2 is 1.87 bits per heavy atom. The average molecular weight is 571 g/mol. The Labute approximate surface area is 226 Å². The molecule has 5 rings (SSSR count). The van der Waals surface area contributed by atoms with Crippen molar-refractivity contribution in [1.82, 2.24) is 4.90 Å². The number of benzene rings is 2. The second kappa shape index (κ2) is 9.83. The molecule has 1 amide bonds. The summed E-state index contributed by atoms with van der Waals surface area (Å²) in [4.78, 5) is 32.5. The van der Waals surface area contributed by atoms with E-state index in [0.717, 1.165) is 29.7 Å². The molecule has 5 nitrogen and oxygen atoms in total. The maximum atomic E-state index is 14.4. The Bertz CT molecular complexity index is 1340. The van der Waals surface area contributed by atoms with Crippen molar-refractivity contribution in [2.45, 2.75) is 57.2 Å². The predicted molar refractivity (Wildman–Crippen MR) is 134 cm³/mol. The van der Waals surface area contributed by atoms with Crippen LogP contribution in [0, 0.1) is 11.7 Å². The van der Waals surface area contributed by atoms with Crippen LogP contribution in [0.25, 0.3) is 0 Å². The topological polar surface area (TPSA) is 59.0 Å². The molecule has 0 N–H and O–H groups in total. The Morgan fingerprint density at radius 1 is 1.18 bits per heavy atom. The van der Waals surface area contributed by atoms with Gasteiger partial charge in [-0.15, -0.1) is 0 Å². The van der Waals surface area contributed by atoms with Crippen molar-refractivity contribution in [2.75, 3.05) is 13.1 Å². The fourth-order valence-corrected chi connectivity index (χ4v) is 6.20. The number of ketones is 1. The number of fused-ring (bicyclic) bond motifs is 1. The van der Waals surface area contributed by atoms with Gasteiger partial charge in [0.1, 0.15) is 0 Å². The van der Waals surface area contributed by atoms with Crippen LogP contribution in [-0.4, -0.2) is 41.6 Å². The number of alkyl halides is 3. The molecule has 38 heavy (non-hydrogen) atoms. The summed E-state index contributed by atoms with van der Waals surface area (Å²) in [5.74, 6) is -1.53. The number of oxime groups is 1. The molecule has 0 spiro atoms. The normalized spacial score (nSPS) is 23.0. The van der Waals surface area contributed by atoms with Crippen LogP contribution in [0.3, 0.4) is 0 Å². The molecule has 2 atom stereocenters. The van der Waals surface area contributed by atoms with Crippen molar-refractivity contribution in [3.05, 3.63) is 67.9 Å². The molecule has 2 heterocycles. The van der Waals surface area contributed by atoms with Gasteiger partial charge in [0.15, 0.2) is 11.6 Å². The van der Waals surface area contributed by atoms with Crippen LogP contribution in [0.1, 0.15) is 65.2 Å². The maximum absolute atomic E-state index is 14.4. The number of hydrogen-bond acceptors (Lipinski definition) is 4. The third-order valence-corrected chi connectivity index (χ3v) is 8.30. The molecule has 0 radical (unpaired) electrons. The van der Waals surface area contributed by atoms with Gasteiger partial charge in [0.25, 0.3) is 5.60 Å². The lowest BCUT2D eigenvalue weighted by molar-refractivity contribution is -0.275. The van der Waals surface area contributed by atoms with Gasteiger partial charge < -0.3 is 9.74 Å². The summed E-state index contributed by atoms with van der Waals surface area (Å²) < 4.78 is 57.2. The maximum Gasteiger partial charge on any atom is 0.435 e. The second-order valence-electron chi connectivity index (χ2n) is 9.89. The van der Waals surface area contributed by atoms with E-state index in [9.17, 15) is 27.2 Å². The molecule has 2 aliphatic heterocycles. The van der Waals surface area contributed by atoms with Crippen molar-refractivity contribution >= 4 is 40.6 Å². The first-order chi connectivity index (χ1) is 18.0. The summed E-state index contributed by atoms with van der Waals surface area (Å²) in [7, 11) is 0. The Kier molecular flexibility index (Phi) is 6.97. The smallest absolute Gasteiger partial charge is 0.374 e. The van der Waals surface area contributed by atoms with Crippen LogP contribution in [-0.2, 0) is 28.1 Å². The van der Waals surface area contributed by atoms with E-state index in [1.807, 2.05) is 6.92 Å². The Hall–Kier alpha value is -2.65. The van der Waals surface area contributed by atoms with Gasteiger partial charge in [-0.1, -0.05) is 40.5 Å². The minimum Gasteiger partial charge on any atom is -0.374 e. The molecule has 3 aliphatic rings. The van der Waals surface area contributed by atoms with Crippen LogP contribution in [0.15, 0.2) is 29.4 Å². The fourth-order valence-electron chi connectivity index (χ4n) is 5.72. The van der Waals surface area contributed by atoms with Crippen LogP contribution < -0.4 is 0 Å². The number of hydrogen-bond donors (Lipinski definition) is 0. The van der Waals surface area contributed by atoms with E-state index in [1.54, 1.807) is 17.0 Å². The summed E-state index contributed by atoms with van der Waals surface area (Å²) in [5.41, 5.74) is -0.746. The molecule has 0 bridgehead atoms. The second-order valence-corrected chi connectivity index (χ2v) is 10.7. The van der Waals surface area contributed by atoms with Crippen molar-refractivity contribution in [1.29, 1.82) is 0 Å². The van der Waals surface area contributed by atoms with Gasteiger partial charge >= 0.3 is 6.18 Å². The standard InChI is InChI=1S/C27H24Cl2F4N2O3/c1-2-35-9-8-14(25(35)37)10-23(36)19-7-6-18(16-4-3-5-17(16)19)22-13-26(38-34-22,27(31,32)33)15-11-20(28)24(30)21(29)12-15/h6-7,11-12,14H,2-5,8-10,13H2,1H3. The molecule has 2 unspecified atom stereocenters. The average Bonchev–Trinajstić information content (AvgIpc) is 3.61. The van der Waals surface area contributed by atoms with Gasteiger partial charge in [-0.2, -0.15) is 13.2 Å². The van der Waals surface area contributed by atoms with E-state index in [1.165, 1.54) is 0 Å². The van der Waals surface area contributed by atoms with Gasteiger partial charge in [-0.3, -0.25) is 9.59 Å². The Morgan fingerprint density at radius 3 is 2.50 bits per heavy atom. The zero-order chi connectivity index (χ0) is 27.4. The highest BCUT2D eigenvalue weighted by Gasteiger charge is 2.62. The molecule has 0 saturated carbocycles. The lowest BCUT2D eigenvalue weighted by atomic mass is 9.84. The molecule has 1 aliphatic carbocycles. The largest absolute Gasteiger partial charge is 0.435 e. The van der Waals surface area contributed by atoms with E-state index >= 15 is 0 Å². The van der Waals surface area contributed by atoms with Crippen LogP contribution in [0.5, 0.6) is 0 Å². The highest BCUT2D eigenvalue weighted by Crippen LogP contribution is 2.50. The van der Waals surface area contributed by atoms with Gasteiger partial charge in [-0.05, 0) is 55.9 Å². The minimum atomic E-state index is -4.91. The first-order valence-corrected chi connectivity index (χ1v) is 13.2. The number of nitrogens with zero attached hydrogens (tertiary/aromatic N) is 2. The summed E-state index contributed by atoms with van der Waals surface area (Å²) >= 11 is 11.6. The van der Waals surface area contributed by atoms with Gasteiger partial charge in [-0.25, -0.2) is 4.39 Å². The van der Waals surface area contributed by atoms with Gasteiger partial charge in [0.2, 0.25) is 5.91 Å². The molecular weight excluding hydrogens is 547 g/mol. The highest BCUT2D eigenvalue weighted by atomic mass is 35.5. The molecular formula is C27H24Cl2F4N2O3. The van der Waals surface area contributed by atoms with E-state index in [0.29, 0.717) is 43.5 Å². The lowest BCUT2D eigenvalue weighted by Crippen LogP contribution is -2.42. The van der Waals surface area contributed by atoms with Crippen molar-refractivity contribution in [3.8, 4) is 0 Å². The first-order valence-electron chi connectivity index (χ1n) is 12.4. The van der Waals surface area contributed by atoms with Crippen LogP contribution in [0.4, 0.5) is 17.6 Å². The number of halogens is 6. The van der Waals surface area contributed by atoms with Crippen LogP contribution >= 0.6 is 23.2 Å². The third kappa shape index (κ3) is 4.37. The van der Waals surface area contributed by atoms with Crippen molar-refractivity contribution < 1.29 is 32.0 Å². The molecule has 11 heteroatoms. The first kappa shape index (κ1) is 26.9. The fraction of sp³-hybridized carbons (Fsp3) is 0.444. The highest BCUT2D eigenvalue weighted by molar-refractivity contribution is 6.35. The van der Waals surface area contributed by atoms with Gasteiger partial charge in [0.05, 0.1) is 15.8 Å². The van der Waals surface area contributed by atoms with Crippen molar-refractivity contribution in [2.24, 2.45) is 11.1 Å². The quantitative estimate of drug-likeness (QED) is 0.222. The SMILES string of the molecule is CCN1CCC(CC(=O)c2ccc(C3=NOC(c4cc(Cl)c(F)c(Cl)c4)(C(F)(F)F)C3)c3c2CCC3)C1=O. The van der Waals surface area contributed by atoms with Gasteiger partial charge in [0, 0.05) is 48.5 Å². The van der Waals surface area contributed by atoms with E-state index in [4.69, 9.17) is 28.0 Å². The van der Waals surface area contributed by atoms with Crippen LogP contribution in [0.2, 0.25) is 10.0 Å². The zero-order valence-corrected chi connectivity index (χ0v) is 21.9. The summed E-state index contributed by atoms with van der Waals surface area (Å²) in [6.07, 6.45) is -2.94. The molecule has 202 valence electrons.